The molecule has 7 rings (SSSR count). The van der Waals surface area contributed by atoms with Crippen molar-refractivity contribution in [2.45, 2.75) is 26.3 Å². The molecule has 0 saturated carbocycles. The van der Waals surface area contributed by atoms with Gasteiger partial charge in [-0.25, -0.2) is 19.9 Å². The fourth-order valence-corrected chi connectivity index (χ4v) is 6.69. The summed E-state index contributed by atoms with van der Waals surface area (Å²) < 4.78 is 6.99. The van der Waals surface area contributed by atoms with Crippen LogP contribution in [0.15, 0.2) is 59.4 Å². The fraction of sp³-hybridized carbons (Fsp3) is 0.344. The average Bonchev–Trinajstić information content (AvgIpc) is 3.62. The van der Waals surface area contributed by atoms with Gasteiger partial charge in [0.15, 0.2) is 5.78 Å². The number of piperazine rings is 1. The zero-order valence-corrected chi connectivity index (χ0v) is 25.7. The molecule has 4 aromatic heterocycles. The largest absolute Gasteiger partial charge is 0.381 e. The summed E-state index contributed by atoms with van der Waals surface area (Å²) in [5.41, 5.74) is 4.65. The number of fused-ring (bicyclic) bond motifs is 1. The predicted molar refractivity (Wildman–Crippen MR) is 173 cm³/mol. The summed E-state index contributed by atoms with van der Waals surface area (Å²) in [7, 11) is 0. The Labute approximate surface area is 263 Å². The molecule has 2 fully saturated rings. The predicted octanol–water partition coefficient (Wildman–Crippen LogP) is 3.82. The minimum absolute atomic E-state index is 0.106. The molecule has 2 saturated heterocycles. The normalized spacial score (nSPS) is 15.8. The van der Waals surface area contributed by atoms with E-state index in [4.69, 9.17) is 9.72 Å². The van der Waals surface area contributed by atoms with E-state index in [0.29, 0.717) is 54.3 Å². The fourth-order valence-electron chi connectivity index (χ4n) is 6.02. The van der Waals surface area contributed by atoms with Crippen molar-refractivity contribution in [3.63, 3.8) is 0 Å². The van der Waals surface area contributed by atoms with Crippen LogP contribution in [0.1, 0.15) is 34.3 Å². The van der Waals surface area contributed by atoms with E-state index in [1.165, 1.54) is 27.9 Å². The zero-order chi connectivity index (χ0) is 30.8. The quantitative estimate of drug-likeness (QED) is 0.244. The van der Waals surface area contributed by atoms with E-state index in [1.807, 2.05) is 11.4 Å². The van der Waals surface area contributed by atoms with Crippen molar-refractivity contribution in [1.82, 2.24) is 34.8 Å². The summed E-state index contributed by atoms with van der Waals surface area (Å²) in [5.74, 6) is -0.0962. The van der Waals surface area contributed by atoms with Crippen molar-refractivity contribution >= 4 is 45.5 Å². The molecule has 45 heavy (non-hydrogen) atoms. The summed E-state index contributed by atoms with van der Waals surface area (Å²) in [5, 5.41) is 9.90. The molecule has 0 amide bonds. The van der Waals surface area contributed by atoms with Gasteiger partial charge >= 0.3 is 0 Å². The minimum Gasteiger partial charge on any atom is -0.381 e. The Morgan fingerprint density at radius 2 is 1.96 bits per heavy atom. The van der Waals surface area contributed by atoms with E-state index in [-0.39, 0.29) is 23.8 Å². The maximum Gasteiger partial charge on any atom is 0.263 e. The first-order chi connectivity index (χ1) is 22.0. The molecule has 2 N–H and O–H groups in total. The van der Waals surface area contributed by atoms with Crippen molar-refractivity contribution in [3.05, 3.63) is 81.6 Å². The van der Waals surface area contributed by atoms with E-state index in [9.17, 15) is 9.59 Å². The van der Waals surface area contributed by atoms with Crippen LogP contribution in [0.4, 0.5) is 17.3 Å². The first-order valence-electron chi connectivity index (χ1n) is 15.1. The van der Waals surface area contributed by atoms with Gasteiger partial charge in [-0.1, -0.05) is 0 Å². The van der Waals surface area contributed by atoms with Gasteiger partial charge in [0.25, 0.3) is 5.56 Å². The van der Waals surface area contributed by atoms with Crippen molar-refractivity contribution in [1.29, 1.82) is 0 Å². The summed E-state index contributed by atoms with van der Waals surface area (Å²) in [6, 6.07) is 7.84. The standard InChI is InChI=1S/C32H33N9O3S/c1-20-14-24(2-3-26(20)40-9-6-33-7-10-40)38-32-36-17-22-15-25(28(42)21-4-11-44-12-5-21)31(43)41(29(22)39-32)18-23-16-34-19-37-27(23)30-35-8-13-45-30/h2-3,8,13-17,19,21,33H,4-7,9-12,18H2,1H3,(H,36,38,39). The lowest BCUT2D eigenvalue weighted by molar-refractivity contribution is 0.0543. The molecule has 0 unspecified atom stereocenters. The van der Waals surface area contributed by atoms with Gasteiger partial charge in [-0.05, 0) is 49.6 Å². The molecular weight excluding hydrogens is 590 g/mol. The number of aromatic nitrogens is 6. The van der Waals surface area contributed by atoms with Gasteiger partial charge in [0.1, 0.15) is 22.7 Å². The second-order valence-corrected chi connectivity index (χ2v) is 12.2. The number of aryl methyl sites for hydroxylation is 1. The number of Topliss-reactive ketones (excluding diaryl/α,β-unsaturated/α-hetero) is 1. The molecule has 0 bridgehead atoms. The van der Waals surface area contributed by atoms with Crippen LogP contribution in [-0.2, 0) is 11.3 Å². The number of thiazole rings is 1. The van der Waals surface area contributed by atoms with Crippen LogP contribution in [0.25, 0.3) is 21.7 Å². The van der Waals surface area contributed by atoms with Crippen molar-refractivity contribution in [2.24, 2.45) is 5.92 Å². The number of carbonyl (C=O) groups excluding carboxylic acids is 1. The number of anilines is 3. The molecule has 0 radical (unpaired) electrons. The number of carbonyl (C=O) groups is 1. The van der Waals surface area contributed by atoms with Gasteiger partial charge in [-0.3, -0.25) is 14.2 Å². The van der Waals surface area contributed by atoms with Crippen LogP contribution in [0.3, 0.4) is 0 Å². The van der Waals surface area contributed by atoms with Gasteiger partial charge in [0.05, 0.1) is 12.1 Å². The topological polar surface area (TPSA) is 140 Å². The Balaban J connectivity index is 1.28. The molecule has 0 aliphatic carbocycles. The lowest BCUT2D eigenvalue weighted by atomic mass is 9.91. The van der Waals surface area contributed by atoms with E-state index in [0.717, 1.165) is 42.4 Å². The summed E-state index contributed by atoms with van der Waals surface area (Å²) in [4.78, 5) is 52.7. The second-order valence-electron chi connectivity index (χ2n) is 11.3. The van der Waals surface area contributed by atoms with E-state index >= 15 is 0 Å². The Morgan fingerprint density at radius 3 is 2.73 bits per heavy atom. The first-order valence-corrected chi connectivity index (χ1v) is 16.0. The van der Waals surface area contributed by atoms with Gasteiger partial charge in [0, 0.05) is 91.6 Å². The average molecular weight is 624 g/mol. The molecule has 13 heteroatoms. The molecule has 0 atom stereocenters. The van der Waals surface area contributed by atoms with Crippen LogP contribution in [-0.4, -0.2) is 74.7 Å². The monoisotopic (exact) mass is 623 g/mol. The van der Waals surface area contributed by atoms with E-state index in [2.05, 4.69) is 54.5 Å². The number of ketones is 1. The first kappa shape index (κ1) is 29.1. The number of benzene rings is 1. The molecule has 0 spiro atoms. The molecule has 2 aliphatic heterocycles. The Bertz CT molecular complexity index is 1900. The minimum atomic E-state index is -0.409. The Hall–Kier alpha value is -4.59. The molecule has 230 valence electrons. The zero-order valence-electron chi connectivity index (χ0n) is 24.9. The number of nitrogens with one attached hydrogen (secondary N) is 2. The van der Waals surface area contributed by atoms with Gasteiger partial charge in [-0.15, -0.1) is 11.3 Å². The van der Waals surface area contributed by atoms with Crippen LogP contribution in [0, 0.1) is 12.8 Å². The molecule has 6 heterocycles. The third-order valence-corrected chi connectivity index (χ3v) is 9.13. The van der Waals surface area contributed by atoms with Crippen molar-refractivity contribution in [3.8, 4) is 10.7 Å². The molecule has 12 nitrogen and oxygen atoms in total. The highest BCUT2D eigenvalue weighted by atomic mass is 32.1. The molecule has 1 aromatic carbocycles. The third kappa shape index (κ3) is 6.06. The summed E-state index contributed by atoms with van der Waals surface area (Å²) in [6.07, 6.45) is 7.69. The van der Waals surface area contributed by atoms with Gasteiger partial charge in [-0.2, -0.15) is 4.98 Å². The van der Waals surface area contributed by atoms with Crippen LogP contribution >= 0.6 is 11.3 Å². The van der Waals surface area contributed by atoms with Crippen LogP contribution in [0.2, 0.25) is 0 Å². The highest BCUT2D eigenvalue weighted by molar-refractivity contribution is 7.13. The highest BCUT2D eigenvalue weighted by Gasteiger charge is 2.27. The van der Waals surface area contributed by atoms with Gasteiger partial charge < -0.3 is 20.3 Å². The van der Waals surface area contributed by atoms with Crippen LogP contribution < -0.4 is 21.1 Å². The second kappa shape index (κ2) is 12.8. The maximum atomic E-state index is 14.1. The lowest BCUT2D eigenvalue weighted by Gasteiger charge is -2.30. The van der Waals surface area contributed by atoms with E-state index in [1.54, 1.807) is 24.7 Å². The molecular formula is C32H33N9O3S. The van der Waals surface area contributed by atoms with E-state index < -0.39 is 5.56 Å². The molecule has 5 aromatic rings. The summed E-state index contributed by atoms with van der Waals surface area (Å²) in [6.45, 7) is 7.08. The smallest absolute Gasteiger partial charge is 0.263 e. The highest BCUT2D eigenvalue weighted by Crippen LogP contribution is 2.28. The number of nitrogens with zero attached hydrogens (tertiary/aromatic N) is 7. The number of rotatable bonds is 8. The van der Waals surface area contributed by atoms with Crippen molar-refractivity contribution in [2.75, 3.05) is 49.6 Å². The number of hydrogen-bond acceptors (Lipinski definition) is 12. The Kier molecular flexibility index (Phi) is 8.29. The van der Waals surface area contributed by atoms with Crippen molar-refractivity contribution < 1.29 is 9.53 Å². The number of pyridine rings is 1. The third-order valence-electron chi connectivity index (χ3n) is 8.35. The van der Waals surface area contributed by atoms with Crippen LogP contribution in [0.5, 0.6) is 0 Å². The molecule has 2 aliphatic rings. The maximum absolute atomic E-state index is 14.1. The number of ether oxygens (including phenoxy) is 1. The number of hydrogen-bond donors (Lipinski definition) is 2. The van der Waals surface area contributed by atoms with Gasteiger partial charge in [0.2, 0.25) is 5.95 Å². The summed E-state index contributed by atoms with van der Waals surface area (Å²) >= 11 is 1.45. The Morgan fingerprint density at radius 1 is 1.11 bits per heavy atom. The SMILES string of the molecule is Cc1cc(Nc2ncc3cc(C(=O)C4CCOCC4)c(=O)n(Cc4cncnc4-c4nccs4)c3n2)ccc1N1CCNCC1. The lowest BCUT2D eigenvalue weighted by Crippen LogP contribution is -2.43.